The first kappa shape index (κ1) is 15.6. The Morgan fingerprint density at radius 3 is 2.64 bits per heavy atom. The summed E-state index contributed by atoms with van der Waals surface area (Å²) in [6.45, 7) is 1.71. The number of rotatable bonds is 5. The molecule has 0 spiro atoms. The summed E-state index contributed by atoms with van der Waals surface area (Å²) in [6, 6.07) is 5.72. The van der Waals surface area contributed by atoms with E-state index >= 15 is 0 Å². The molecule has 2 aromatic rings. The van der Waals surface area contributed by atoms with Crippen LogP contribution in [0.5, 0.6) is 0 Å². The highest BCUT2D eigenvalue weighted by Crippen LogP contribution is 2.13. The first-order chi connectivity index (χ1) is 10.6. The zero-order chi connectivity index (χ0) is 15.9. The maximum Gasteiger partial charge on any atom is 0.153 e. The first-order valence-electron chi connectivity index (χ1n) is 6.61. The predicted molar refractivity (Wildman–Crippen MR) is 81.9 cm³/mol. The lowest BCUT2D eigenvalue weighted by atomic mass is 10.2. The van der Waals surface area contributed by atoms with Crippen LogP contribution in [0.3, 0.4) is 0 Å². The summed E-state index contributed by atoms with van der Waals surface area (Å²) in [5.74, 6) is -0.749. The van der Waals surface area contributed by atoms with Gasteiger partial charge in [-0.05, 0) is 49.4 Å². The van der Waals surface area contributed by atoms with Gasteiger partial charge in [0.15, 0.2) is 6.29 Å². The molecule has 0 saturated heterocycles. The molecular weight excluding hydrogens is 286 g/mol. The van der Waals surface area contributed by atoms with E-state index in [1.54, 1.807) is 25.1 Å². The van der Waals surface area contributed by atoms with Crippen LogP contribution in [0, 0.1) is 5.82 Å². The molecule has 0 aliphatic carbocycles. The lowest BCUT2D eigenvalue weighted by molar-refractivity contribution is 0.112. The number of hydrogen-bond donors (Lipinski definition) is 0. The summed E-state index contributed by atoms with van der Waals surface area (Å²) < 4.78 is 27.6. The van der Waals surface area contributed by atoms with E-state index in [9.17, 15) is 13.6 Å². The van der Waals surface area contributed by atoms with Crippen molar-refractivity contribution in [1.82, 2.24) is 9.78 Å². The molecule has 112 valence electrons. The average molecular weight is 300 g/mol. The molecule has 3 nitrogen and oxygen atoms in total. The van der Waals surface area contributed by atoms with Gasteiger partial charge in [0.05, 0.1) is 16.9 Å². The minimum absolute atomic E-state index is 0.351. The lowest BCUT2D eigenvalue weighted by Crippen LogP contribution is -1.94. The van der Waals surface area contributed by atoms with E-state index < -0.39 is 5.83 Å². The van der Waals surface area contributed by atoms with Crippen LogP contribution in [0.15, 0.2) is 60.6 Å². The molecule has 1 aromatic heterocycles. The summed E-state index contributed by atoms with van der Waals surface area (Å²) in [7, 11) is 0. The van der Waals surface area contributed by atoms with Crippen molar-refractivity contribution >= 4 is 12.4 Å². The van der Waals surface area contributed by atoms with Crippen molar-refractivity contribution in [2.24, 2.45) is 0 Å². The van der Waals surface area contributed by atoms with Gasteiger partial charge < -0.3 is 0 Å². The topological polar surface area (TPSA) is 34.9 Å². The fourth-order valence-electron chi connectivity index (χ4n) is 1.79. The molecule has 0 radical (unpaired) electrons. The fourth-order valence-corrected chi connectivity index (χ4v) is 1.79. The van der Waals surface area contributed by atoms with Gasteiger partial charge in [-0.2, -0.15) is 5.10 Å². The fraction of sp³-hybridized carbons (Fsp3) is 0.0588. The number of carbonyl (C=O) groups is 1. The first-order valence-corrected chi connectivity index (χ1v) is 6.61. The maximum absolute atomic E-state index is 13.2. The molecule has 0 saturated carbocycles. The highest BCUT2D eigenvalue weighted by molar-refractivity contribution is 5.80. The molecular formula is C17H14F2N2O. The van der Waals surface area contributed by atoms with Gasteiger partial charge in [0.2, 0.25) is 0 Å². The van der Waals surface area contributed by atoms with E-state index in [1.165, 1.54) is 47.3 Å². The maximum atomic E-state index is 13.2. The molecule has 1 heterocycles. The molecule has 5 heteroatoms. The quantitative estimate of drug-likeness (QED) is 0.610. The monoisotopic (exact) mass is 300 g/mol. The molecule has 2 rings (SSSR count). The van der Waals surface area contributed by atoms with Crippen molar-refractivity contribution in [2.45, 2.75) is 6.92 Å². The second-order valence-electron chi connectivity index (χ2n) is 4.42. The highest BCUT2D eigenvalue weighted by Gasteiger charge is 2.06. The Labute approximate surface area is 126 Å². The second-order valence-corrected chi connectivity index (χ2v) is 4.42. The van der Waals surface area contributed by atoms with Crippen molar-refractivity contribution in [3.8, 4) is 5.69 Å². The molecule has 0 atom stereocenters. The van der Waals surface area contributed by atoms with Crippen molar-refractivity contribution in [1.29, 1.82) is 0 Å². The van der Waals surface area contributed by atoms with Crippen LogP contribution < -0.4 is 0 Å². The van der Waals surface area contributed by atoms with Crippen molar-refractivity contribution in [3.05, 3.63) is 77.7 Å². The number of aldehydes is 1. The molecule has 0 aliphatic rings. The van der Waals surface area contributed by atoms with Crippen LogP contribution in [0.4, 0.5) is 8.78 Å². The normalized spacial score (nSPS) is 12.4. The standard InChI is InChI=1S/C17H14F2N2O/c1-2-4-14(18)5-3-6-17-13(12-22)11-21(20-17)16-9-7-15(19)8-10-16/h2-12H,1H3/b4-2-,6-3+,14-5+. The van der Waals surface area contributed by atoms with Gasteiger partial charge in [-0.15, -0.1) is 0 Å². The van der Waals surface area contributed by atoms with Gasteiger partial charge in [0.25, 0.3) is 0 Å². The minimum atomic E-state index is -0.399. The second kappa shape index (κ2) is 7.26. The van der Waals surface area contributed by atoms with Crippen LogP contribution in [0.25, 0.3) is 11.8 Å². The molecule has 0 unspecified atom stereocenters. The van der Waals surface area contributed by atoms with Gasteiger partial charge in [0, 0.05) is 6.20 Å². The molecule has 1 aromatic carbocycles. The third-order valence-corrected chi connectivity index (χ3v) is 2.83. The Morgan fingerprint density at radius 1 is 1.27 bits per heavy atom. The number of hydrogen-bond acceptors (Lipinski definition) is 2. The molecule has 22 heavy (non-hydrogen) atoms. The van der Waals surface area contributed by atoms with Crippen LogP contribution in [0.1, 0.15) is 23.0 Å². The number of carbonyl (C=O) groups excluding carboxylic acids is 1. The zero-order valence-electron chi connectivity index (χ0n) is 11.9. The minimum Gasteiger partial charge on any atom is -0.298 e. The van der Waals surface area contributed by atoms with Crippen LogP contribution in [-0.2, 0) is 0 Å². The van der Waals surface area contributed by atoms with E-state index in [-0.39, 0.29) is 5.82 Å². The zero-order valence-corrected chi connectivity index (χ0v) is 11.9. The Hall–Kier alpha value is -2.82. The molecule has 0 bridgehead atoms. The number of allylic oxidation sites excluding steroid dienone is 5. The molecule has 0 fully saturated rings. The van der Waals surface area contributed by atoms with Gasteiger partial charge in [0.1, 0.15) is 11.6 Å². The summed E-state index contributed by atoms with van der Waals surface area (Å²) in [5, 5.41) is 4.23. The number of nitrogens with zero attached hydrogens (tertiary/aromatic N) is 2. The van der Waals surface area contributed by atoms with Crippen molar-refractivity contribution in [3.63, 3.8) is 0 Å². The third-order valence-electron chi connectivity index (χ3n) is 2.83. The van der Waals surface area contributed by atoms with Gasteiger partial charge >= 0.3 is 0 Å². The molecule has 0 amide bonds. The van der Waals surface area contributed by atoms with Gasteiger partial charge in [-0.1, -0.05) is 12.2 Å². The predicted octanol–water partition coefficient (Wildman–Crippen LogP) is 4.27. The number of aromatic nitrogens is 2. The van der Waals surface area contributed by atoms with Crippen LogP contribution in [-0.4, -0.2) is 16.1 Å². The molecule has 0 aliphatic heterocycles. The highest BCUT2D eigenvalue weighted by atomic mass is 19.1. The Morgan fingerprint density at radius 2 is 2.00 bits per heavy atom. The van der Waals surface area contributed by atoms with Crippen LogP contribution >= 0.6 is 0 Å². The smallest absolute Gasteiger partial charge is 0.153 e. The van der Waals surface area contributed by atoms with Crippen molar-refractivity contribution in [2.75, 3.05) is 0 Å². The Balaban J connectivity index is 2.29. The van der Waals surface area contributed by atoms with Gasteiger partial charge in [-0.25, -0.2) is 13.5 Å². The van der Waals surface area contributed by atoms with E-state index in [0.717, 1.165) is 0 Å². The van der Waals surface area contributed by atoms with E-state index in [2.05, 4.69) is 5.10 Å². The summed E-state index contributed by atoms with van der Waals surface area (Å²) in [5.41, 5.74) is 1.39. The Kier molecular flexibility index (Phi) is 5.14. The number of halogens is 2. The summed E-state index contributed by atoms with van der Waals surface area (Å²) in [4.78, 5) is 11.1. The summed E-state index contributed by atoms with van der Waals surface area (Å²) in [6.07, 6.45) is 9.38. The largest absolute Gasteiger partial charge is 0.298 e. The van der Waals surface area contributed by atoms with Crippen molar-refractivity contribution < 1.29 is 13.6 Å². The van der Waals surface area contributed by atoms with E-state index in [0.29, 0.717) is 23.2 Å². The van der Waals surface area contributed by atoms with E-state index in [4.69, 9.17) is 0 Å². The average Bonchev–Trinajstić information content (AvgIpc) is 2.91. The third kappa shape index (κ3) is 3.85. The SMILES string of the molecule is C\C=C/C(F)=C\C=C\c1nn(-c2ccc(F)cc2)cc1C=O. The van der Waals surface area contributed by atoms with Crippen LogP contribution in [0.2, 0.25) is 0 Å². The lowest BCUT2D eigenvalue weighted by Gasteiger charge is -1.99. The van der Waals surface area contributed by atoms with Gasteiger partial charge in [-0.3, -0.25) is 4.79 Å². The Bertz CT molecular complexity index is 741. The van der Waals surface area contributed by atoms with E-state index in [1.807, 2.05) is 0 Å². The summed E-state index contributed by atoms with van der Waals surface area (Å²) >= 11 is 0. The number of benzene rings is 1. The molecule has 0 N–H and O–H groups in total.